The molecule has 0 aliphatic heterocycles. The summed E-state index contributed by atoms with van der Waals surface area (Å²) in [5.41, 5.74) is 5.13. The highest BCUT2D eigenvalue weighted by Gasteiger charge is 2.26. The van der Waals surface area contributed by atoms with Gasteiger partial charge in [0.15, 0.2) is 5.69 Å². The number of carbonyl (C=O) groups excluding carboxylic acids is 1. The van der Waals surface area contributed by atoms with E-state index in [2.05, 4.69) is 20.5 Å². The summed E-state index contributed by atoms with van der Waals surface area (Å²) in [6, 6.07) is 13.8. The Bertz CT molecular complexity index is 1230. The summed E-state index contributed by atoms with van der Waals surface area (Å²) in [6.07, 6.45) is 6.88. The average molecular weight is 430 g/mol. The minimum atomic E-state index is -0.295. The van der Waals surface area contributed by atoms with E-state index in [9.17, 15) is 9.18 Å². The van der Waals surface area contributed by atoms with E-state index >= 15 is 0 Å². The van der Waals surface area contributed by atoms with Gasteiger partial charge >= 0.3 is 0 Å². The maximum absolute atomic E-state index is 13.4. The van der Waals surface area contributed by atoms with Crippen molar-refractivity contribution in [2.45, 2.75) is 38.6 Å². The normalized spacial score (nSPS) is 14.1. The molecule has 1 atom stereocenters. The Balaban J connectivity index is 1.39. The number of nitrogens with zero attached hydrogens (tertiary/aromatic N) is 5. The third-order valence-electron chi connectivity index (χ3n) is 5.89. The van der Waals surface area contributed by atoms with Gasteiger partial charge in [0.05, 0.1) is 17.4 Å². The third kappa shape index (κ3) is 3.79. The number of hydrogen-bond donors (Lipinski definition) is 1. The molecule has 1 aliphatic rings. The Kier molecular flexibility index (Phi) is 5.26. The summed E-state index contributed by atoms with van der Waals surface area (Å²) in [5, 5.41) is 11.9. The van der Waals surface area contributed by atoms with E-state index in [1.807, 2.05) is 31.2 Å². The first-order valence-corrected chi connectivity index (χ1v) is 10.7. The molecular weight excluding hydrogens is 407 g/mol. The molecule has 2 aromatic carbocycles. The van der Waals surface area contributed by atoms with E-state index in [0.29, 0.717) is 5.69 Å². The molecule has 0 radical (unpaired) electrons. The van der Waals surface area contributed by atoms with Crippen molar-refractivity contribution in [3.05, 3.63) is 89.5 Å². The van der Waals surface area contributed by atoms with Crippen LogP contribution < -0.4 is 5.32 Å². The predicted molar refractivity (Wildman–Crippen MR) is 117 cm³/mol. The molecule has 7 nitrogen and oxygen atoms in total. The second-order valence-electron chi connectivity index (χ2n) is 8.00. The molecule has 0 saturated heterocycles. The molecule has 8 heteroatoms. The van der Waals surface area contributed by atoms with Gasteiger partial charge in [-0.3, -0.25) is 4.79 Å². The smallest absolute Gasteiger partial charge is 0.272 e. The molecule has 0 spiro atoms. The van der Waals surface area contributed by atoms with Crippen LogP contribution in [0.15, 0.2) is 61.2 Å². The molecule has 1 unspecified atom stereocenters. The van der Waals surface area contributed by atoms with Crippen molar-refractivity contribution in [3.63, 3.8) is 0 Å². The monoisotopic (exact) mass is 430 g/mol. The minimum absolute atomic E-state index is 0.192. The van der Waals surface area contributed by atoms with Crippen LogP contribution in [0.25, 0.3) is 11.4 Å². The molecule has 2 heterocycles. The fourth-order valence-corrected chi connectivity index (χ4v) is 4.18. The van der Waals surface area contributed by atoms with Crippen molar-refractivity contribution < 1.29 is 9.18 Å². The molecule has 0 fully saturated rings. The number of halogens is 1. The Labute approximate surface area is 184 Å². The van der Waals surface area contributed by atoms with Gasteiger partial charge < -0.3 is 5.32 Å². The Morgan fingerprint density at radius 3 is 2.47 bits per heavy atom. The quantitative estimate of drug-likeness (QED) is 0.520. The molecule has 2 aromatic heterocycles. The highest BCUT2D eigenvalue weighted by atomic mass is 19.1. The van der Waals surface area contributed by atoms with Crippen molar-refractivity contribution in [3.8, 4) is 11.4 Å². The van der Waals surface area contributed by atoms with Crippen molar-refractivity contribution >= 4 is 5.91 Å². The Morgan fingerprint density at radius 1 is 1.03 bits per heavy atom. The second-order valence-corrected chi connectivity index (χ2v) is 8.00. The van der Waals surface area contributed by atoms with E-state index in [1.54, 1.807) is 27.8 Å². The molecule has 162 valence electrons. The van der Waals surface area contributed by atoms with Gasteiger partial charge in [0, 0.05) is 11.3 Å². The topological polar surface area (TPSA) is 77.6 Å². The zero-order valence-corrected chi connectivity index (χ0v) is 17.7. The first kappa shape index (κ1) is 20.1. The highest BCUT2D eigenvalue weighted by Crippen LogP contribution is 2.27. The van der Waals surface area contributed by atoms with Crippen LogP contribution in [0.1, 0.15) is 53.1 Å². The number of fused-ring (bicyclic) bond motifs is 1. The summed E-state index contributed by atoms with van der Waals surface area (Å²) < 4.78 is 16.9. The van der Waals surface area contributed by atoms with E-state index in [1.165, 1.54) is 18.5 Å². The third-order valence-corrected chi connectivity index (χ3v) is 5.89. The van der Waals surface area contributed by atoms with Gasteiger partial charge in [-0.2, -0.15) is 10.2 Å². The van der Waals surface area contributed by atoms with E-state index in [-0.39, 0.29) is 17.8 Å². The van der Waals surface area contributed by atoms with Crippen LogP contribution in [0.4, 0.5) is 4.39 Å². The molecule has 0 bridgehead atoms. The number of carbonyl (C=O) groups is 1. The van der Waals surface area contributed by atoms with Gasteiger partial charge in [-0.1, -0.05) is 12.1 Å². The van der Waals surface area contributed by atoms with Crippen molar-refractivity contribution in [2.24, 2.45) is 0 Å². The molecule has 5 rings (SSSR count). The summed E-state index contributed by atoms with van der Waals surface area (Å²) in [6.45, 7) is 1.95. The van der Waals surface area contributed by atoms with Gasteiger partial charge in [0.25, 0.3) is 5.91 Å². The van der Waals surface area contributed by atoms with Crippen LogP contribution in [0.3, 0.4) is 0 Å². The van der Waals surface area contributed by atoms with Gasteiger partial charge in [-0.05, 0) is 74.6 Å². The van der Waals surface area contributed by atoms with Crippen LogP contribution >= 0.6 is 0 Å². The van der Waals surface area contributed by atoms with Crippen LogP contribution in [0.5, 0.6) is 0 Å². The first-order chi connectivity index (χ1) is 15.6. The SMILES string of the molecule is CC(NC(=O)c1nn(-c2ccc(F)cc2)c2c1CCCC2)c1ccc(-n2cncn2)cc1. The zero-order valence-electron chi connectivity index (χ0n) is 17.7. The van der Waals surface area contributed by atoms with Crippen LogP contribution in [-0.4, -0.2) is 30.5 Å². The van der Waals surface area contributed by atoms with Crippen molar-refractivity contribution in [2.75, 3.05) is 0 Å². The van der Waals surface area contributed by atoms with Crippen LogP contribution in [0.2, 0.25) is 0 Å². The number of benzene rings is 2. The second kappa shape index (κ2) is 8.37. The number of nitrogens with one attached hydrogen (secondary N) is 1. The molecule has 32 heavy (non-hydrogen) atoms. The number of amides is 1. The molecule has 1 N–H and O–H groups in total. The Hall–Kier alpha value is -3.81. The lowest BCUT2D eigenvalue weighted by Gasteiger charge is -2.16. The van der Waals surface area contributed by atoms with Gasteiger partial charge in [0.1, 0.15) is 18.5 Å². The molecule has 0 saturated carbocycles. The minimum Gasteiger partial charge on any atom is -0.344 e. The van der Waals surface area contributed by atoms with Crippen LogP contribution in [-0.2, 0) is 12.8 Å². The van der Waals surface area contributed by atoms with Crippen molar-refractivity contribution in [1.82, 2.24) is 29.9 Å². The van der Waals surface area contributed by atoms with E-state index < -0.39 is 0 Å². The maximum atomic E-state index is 13.4. The number of hydrogen-bond acceptors (Lipinski definition) is 4. The highest BCUT2D eigenvalue weighted by molar-refractivity contribution is 5.94. The fourth-order valence-electron chi connectivity index (χ4n) is 4.18. The molecular formula is C24H23FN6O. The molecule has 1 amide bonds. The fraction of sp³-hybridized carbons (Fsp3) is 0.250. The summed E-state index contributed by atoms with van der Waals surface area (Å²) >= 11 is 0. The average Bonchev–Trinajstić information content (AvgIpc) is 3.48. The largest absolute Gasteiger partial charge is 0.344 e. The predicted octanol–water partition coefficient (Wildman–Crippen LogP) is 3.96. The van der Waals surface area contributed by atoms with Crippen LogP contribution in [0, 0.1) is 5.82 Å². The van der Waals surface area contributed by atoms with E-state index in [0.717, 1.165) is 53.9 Å². The lowest BCUT2D eigenvalue weighted by Crippen LogP contribution is -2.28. The van der Waals surface area contributed by atoms with Gasteiger partial charge in [0.2, 0.25) is 0 Å². The molecule has 1 aliphatic carbocycles. The summed E-state index contributed by atoms with van der Waals surface area (Å²) in [5.74, 6) is -0.492. The first-order valence-electron chi connectivity index (χ1n) is 10.7. The molecule has 4 aromatic rings. The van der Waals surface area contributed by atoms with Gasteiger partial charge in [-0.15, -0.1) is 0 Å². The maximum Gasteiger partial charge on any atom is 0.272 e. The number of aromatic nitrogens is 5. The lowest BCUT2D eigenvalue weighted by molar-refractivity contribution is 0.0933. The standard InChI is InChI=1S/C24H23FN6O/c1-16(17-6-10-19(11-7-17)30-15-26-14-27-30)28-24(32)23-21-4-2-3-5-22(21)31(29-23)20-12-8-18(25)9-13-20/h6-16H,2-5H2,1H3,(H,28,32). The summed E-state index contributed by atoms with van der Waals surface area (Å²) in [4.78, 5) is 17.1. The van der Waals surface area contributed by atoms with Crippen molar-refractivity contribution in [1.29, 1.82) is 0 Å². The van der Waals surface area contributed by atoms with Gasteiger partial charge in [-0.25, -0.2) is 18.7 Å². The zero-order chi connectivity index (χ0) is 22.1. The van der Waals surface area contributed by atoms with E-state index in [4.69, 9.17) is 0 Å². The Morgan fingerprint density at radius 2 is 1.75 bits per heavy atom. The number of rotatable bonds is 5. The lowest BCUT2D eigenvalue weighted by atomic mass is 9.95. The summed E-state index contributed by atoms with van der Waals surface area (Å²) in [7, 11) is 0.